The molecule has 1 heterocycles. The van der Waals surface area contributed by atoms with Crippen molar-refractivity contribution in [2.45, 2.75) is 65.4 Å². The van der Waals surface area contributed by atoms with E-state index in [9.17, 15) is 4.79 Å². The maximum atomic E-state index is 11.4. The van der Waals surface area contributed by atoms with Crippen molar-refractivity contribution in [2.75, 3.05) is 19.7 Å². The Bertz CT molecular complexity index is 296. The van der Waals surface area contributed by atoms with Crippen LogP contribution in [-0.4, -0.2) is 36.6 Å². The Labute approximate surface area is 117 Å². The highest BCUT2D eigenvalue weighted by Gasteiger charge is 2.38. The Hall–Kier alpha value is -0.570. The number of hydrogen-bond donors (Lipinski definition) is 0. The second kappa shape index (κ2) is 6.25. The Morgan fingerprint density at radius 3 is 2.26 bits per heavy atom. The molecule has 1 saturated heterocycles. The van der Waals surface area contributed by atoms with Crippen molar-refractivity contribution < 1.29 is 9.53 Å². The number of carbonyl (C=O) groups is 1. The van der Waals surface area contributed by atoms with Gasteiger partial charge in [0.1, 0.15) is 0 Å². The average molecular weight is 267 g/mol. The smallest absolute Gasteiger partial charge is 0.219 e. The molecule has 0 aromatic carbocycles. The van der Waals surface area contributed by atoms with E-state index in [1.807, 2.05) is 4.90 Å². The van der Waals surface area contributed by atoms with Crippen molar-refractivity contribution in [1.29, 1.82) is 0 Å². The summed E-state index contributed by atoms with van der Waals surface area (Å²) in [5.74, 6) is 1.01. The molecular formula is C16H29NO2. The predicted octanol–water partition coefficient (Wildman–Crippen LogP) is 3.23. The van der Waals surface area contributed by atoms with Gasteiger partial charge in [-0.05, 0) is 63.7 Å². The summed E-state index contributed by atoms with van der Waals surface area (Å²) in [4.78, 5) is 13.4. The highest BCUT2D eigenvalue weighted by Crippen LogP contribution is 2.46. The zero-order chi connectivity index (χ0) is 13.9. The molecule has 3 heteroatoms. The van der Waals surface area contributed by atoms with Crippen LogP contribution < -0.4 is 0 Å². The van der Waals surface area contributed by atoms with E-state index < -0.39 is 0 Å². The van der Waals surface area contributed by atoms with Crippen molar-refractivity contribution in [3.63, 3.8) is 0 Å². The van der Waals surface area contributed by atoms with Crippen LogP contribution in [0, 0.1) is 11.3 Å². The van der Waals surface area contributed by atoms with Gasteiger partial charge in [-0.3, -0.25) is 4.79 Å². The highest BCUT2D eigenvalue weighted by molar-refractivity contribution is 5.73. The summed E-state index contributed by atoms with van der Waals surface area (Å²) in [6.07, 6.45) is 8.08. The van der Waals surface area contributed by atoms with Gasteiger partial charge in [0.05, 0.1) is 6.10 Å². The molecule has 0 radical (unpaired) electrons. The van der Waals surface area contributed by atoms with Crippen molar-refractivity contribution in [2.24, 2.45) is 11.3 Å². The van der Waals surface area contributed by atoms with E-state index in [1.165, 1.54) is 38.5 Å². The van der Waals surface area contributed by atoms with Gasteiger partial charge < -0.3 is 9.64 Å². The fraction of sp³-hybridized carbons (Fsp3) is 0.938. The standard InChI is InChI=1S/C16H29NO2/c1-13(2)19-12-15-4-6-16(7-5-15)8-10-17(11-9-16)14(3)18/h13,15H,4-12H2,1-3H3. The normalized spacial score (nSPS) is 24.1. The van der Waals surface area contributed by atoms with E-state index in [4.69, 9.17) is 4.74 Å². The van der Waals surface area contributed by atoms with Crippen LogP contribution in [0.15, 0.2) is 0 Å². The second-order valence-electron chi connectivity index (χ2n) is 6.83. The number of rotatable bonds is 3. The molecule has 0 bridgehead atoms. The minimum atomic E-state index is 0.244. The third kappa shape index (κ3) is 3.95. The highest BCUT2D eigenvalue weighted by atomic mass is 16.5. The lowest BCUT2D eigenvalue weighted by Gasteiger charge is -2.45. The number of likely N-dealkylation sites (tertiary alicyclic amines) is 1. The van der Waals surface area contributed by atoms with E-state index in [0.29, 0.717) is 11.5 Å². The Kier molecular flexibility index (Phi) is 4.88. The summed E-state index contributed by atoms with van der Waals surface area (Å²) in [6.45, 7) is 8.81. The van der Waals surface area contributed by atoms with Crippen molar-refractivity contribution in [3.8, 4) is 0 Å². The van der Waals surface area contributed by atoms with E-state index in [-0.39, 0.29) is 5.91 Å². The molecule has 19 heavy (non-hydrogen) atoms. The number of ether oxygens (including phenoxy) is 1. The molecule has 0 unspecified atom stereocenters. The van der Waals surface area contributed by atoms with Crippen molar-refractivity contribution in [1.82, 2.24) is 4.90 Å². The molecule has 2 aliphatic rings. The average Bonchev–Trinajstić information content (AvgIpc) is 2.39. The molecule has 3 nitrogen and oxygen atoms in total. The lowest BCUT2D eigenvalue weighted by Crippen LogP contribution is -2.44. The largest absolute Gasteiger partial charge is 0.379 e. The molecule has 1 aliphatic carbocycles. The summed E-state index contributed by atoms with van der Waals surface area (Å²) < 4.78 is 5.75. The molecule has 110 valence electrons. The lowest BCUT2D eigenvalue weighted by atomic mass is 9.65. The van der Waals surface area contributed by atoms with Gasteiger partial charge in [-0.2, -0.15) is 0 Å². The first-order valence-corrected chi connectivity index (χ1v) is 7.88. The molecule has 0 N–H and O–H groups in total. The first-order chi connectivity index (χ1) is 9.01. The maximum Gasteiger partial charge on any atom is 0.219 e. The van der Waals surface area contributed by atoms with Gasteiger partial charge >= 0.3 is 0 Å². The molecule has 0 atom stereocenters. The van der Waals surface area contributed by atoms with Crippen LogP contribution >= 0.6 is 0 Å². The summed E-state index contributed by atoms with van der Waals surface area (Å²) in [5, 5.41) is 0. The fourth-order valence-electron chi connectivity index (χ4n) is 3.58. The summed E-state index contributed by atoms with van der Waals surface area (Å²) in [5.41, 5.74) is 0.542. The SMILES string of the molecule is CC(=O)N1CCC2(CCC(COC(C)C)CC2)CC1. The topological polar surface area (TPSA) is 29.5 Å². The molecular weight excluding hydrogens is 238 g/mol. The minimum absolute atomic E-state index is 0.244. The molecule has 1 saturated carbocycles. The Balaban J connectivity index is 1.75. The van der Waals surface area contributed by atoms with Gasteiger partial charge in [0.2, 0.25) is 5.91 Å². The van der Waals surface area contributed by atoms with Crippen LogP contribution in [0.5, 0.6) is 0 Å². The monoisotopic (exact) mass is 267 g/mol. The van der Waals surface area contributed by atoms with Crippen LogP contribution in [-0.2, 0) is 9.53 Å². The number of piperidine rings is 1. The number of carbonyl (C=O) groups excluding carboxylic acids is 1. The van der Waals surface area contributed by atoms with Crippen LogP contribution in [0.1, 0.15) is 59.3 Å². The van der Waals surface area contributed by atoms with Crippen LogP contribution in [0.3, 0.4) is 0 Å². The molecule has 1 amide bonds. The molecule has 1 spiro atoms. The van der Waals surface area contributed by atoms with Crippen molar-refractivity contribution in [3.05, 3.63) is 0 Å². The molecule has 1 aliphatic heterocycles. The van der Waals surface area contributed by atoms with Crippen LogP contribution in [0.4, 0.5) is 0 Å². The minimum Gasteiger partial charge on any atom is -0.379 e. The van der Waals surface area contributed by atoms with Crippen LogP contribution in [0.2, 0.25) is 0 Å². The van der Waals surface area contributed by atoms with Gasteiger partial charge in [-0.15, -0.1) is 0 Å². The number of nitrogens with zero attached hydrogens (tertiary/aromatic N) is 1. The van der Waals surface area contributed by atoms with E-state index >= 15 is 0 Å². The van der Waals surface area contributed by atoms with Gasteiger partial charge in [0.15, 0.2) is 0 Å². The fourth-order valence-corrected chi connectivity index (χ4v) is 3.58. The zero-order valence-corrected chi connectivity index (χ0v) is 12.8. The van der Waals surface area contributed by atoms with E-state index in [0.717, 1.165) is 25.6 Å². The van der Waals surface area contributed by atoms with Crippen molar-refractivity contribution >= 4 is 5.91 Å². The summed E-state index contributed by atoms with van der Waals surface area (Å²) >= 11 is 0. The molecule has 2 rings (SSSR count). The predicted molar refractivity (Wildman–Crippen MR) is 77.0 cm³/mol. The van der Waals surface area contributed by atoms with Crippen LogP contribution in [0.25, 0.3) is 0 Å². The molecule has 0 aromatic heterocycles. The first kappa shape index (κ1) is 14.8. The number of hydrogen-bond acceptors (Lipinski definition) is 2. The summed E-state index contributed by atoms with van der Waals surface area (Å²) in [7, 11) is 0. The maximum absolute atomic E-state index is 11.4. The Morgan fingerprint density at radius 2 is 1.79 bits per heavy atom. The van der Waals surface area contributed by atoms with Gasteiger partial charge in [0.25, 0.3) is 0 Å². The zero-order valence-electron chi connectivity index (χ0n) is 12.8. The molecule has 0 aromatic rings. The third-order valence-electron chi connectivity index (χ3n) is 5.10. The summed E-state index contributed by atoms with van der Waals surface area (Å²) in [6, 6.07) is 0. The second-order valence-corrected chi connectivity index (χ2v) is 6.83. The quantitative estimate of drug-likeness (QED) is 0.785. The lowest BCUT2D eigenvalue weighted by molar-refractivity contribution is -0.131. The molecule has 2 fully saturated rings. The van der Waals surface area contributed by atoms with Gasteiger partial charge in [-0.1, -0.05) is 0 Å². The third-order valence-corrected chi connectivity index (χ3v) is 5.10. The van der Waals surface area contributed by atoms with Gasteiger partial charge in [0, 0.05) is 26.6 Å². The van der Waals surface area contributed by atoms with E-state index in [2.05, 4.69) is 13.8 Å². The number of amides is 1. The Morgan fingerprint density at radius 1 is 1.21 bits per heavy atom. The first-order valence-electron chi connectivity index (χ1n) is 7.88. The van der Waals surface area contributed by atoms with E-state index in [1.54, 1.807) is 6.92 Å². The van der Waals surface area contributed by atoms with Gasteiger partial charge in [-0.25, -0.2) is 0 Å².